The molecular formula is C21H20FN5O3S. The van der Waals surface area contributed by atoms with E-state index in [0.717, 1.165) is 18.1 Å². The van der Waals surface area contributed by atoms with E-state index in [2.05, 4.69) is 19.9 Å². The lowest BCUT2D eigenvalue weighted by Crippen LogP contribution is -2.14. The highest BCUT2D eigenvalue weighted by Gasteiger charge is 2.19. The van der Waals surface area contributed by atoms with Crippen molar-refractivity contribution in [2.24, 2.45) is 0 Å². The van der Waals surface area contributed by atoms with E-state index < -0.39 is 20.7 Å². The van der Waals surface area contributed by atoms with Gasteiger partial charge >= 0.3 is 0 Å². The Balaban J connectivity index is 1.64. The quantitative estimate of drug-likeness (QED) is 0.399. The molecule has 0 aliphatic carbocycles. The zero-order chi connectivity index (χ0) is 22.0. The lowest BCUT2D eigenvalue weighted by atomic mass is 10.1. The van der Waals surface area contributed by atoms with Crippen LogP contribution in [0.1, 0.15) is 13.3 Å². The van der Waals surface area contributed by atoms with Crippen LogP contribution in [0.15, 0.2) is 59.5 Å². The second-order valence-electron chi connectivity index (χ2n) is 6.81. The molecule has 0 atom stereocenters. The Morgan fingerprint density at radius 1 is 1.16 bits per heavy atom. The van der Waals surface area contributed by atoms with Gasteiger partial charge in [0, 0.05) is 11.3 Å². The molecule has 0 saturated carbocycles. The van der Waals surface area contributed by atoms with Crippen LogP contribution < -0.4 is 15.2 Å². The number of nitrogens with zero attached hydrogens (tertiary/aromatic N) is 2. The first kappa shape index (κ1) is 20.6. The molecule has 0 bridgehead atoms. The third kappa shape index (κ3) is 4.15. The summed E-state index contributed by atoms with van der Waals surface area (Å²) in [6.07, 6.45) is 0.808. The van der Waals surface area contributed by atoms with E-state index in [1.54, 1.807) is 30.3 Å². The smallest absolute Gasteiger partial charge is 0.264 e. The molecule has 0 saturated heterocycles. The largest absolute Gasteiger partial charge is 0.477 e. The number of fused-ring (bicyclic) bond motifs is 1. The second-order valence-corrected chi connectivity index (χ2v) is 8.46. The molecule has 2 aromatic carbocycles. The van der Waals surface area contributed by atoms with Gasteiger partial charge in [0.25, 0.3) is 10.0 Å². The summed E-state index contributed by atoms with van der Waals surface area (Å²) in [6.45, 7) is 2.47. The number of hydrogen-bond donors (Lipinski definition) is 3. The highest BCUT2D eigenvalue weighted by molar-refractivity contribution is 7.92. The van der Waals surface area contributed by atoms with Crippen LogP contribution in [0.2, 0.25) is 0 Å². The standard InChI is InChI=1S/C21H20FN5O3S/c1-2-11-30-21-19-17(25-26-20(19)23)12-16(24-21)13-7-9-14(10-8-13)27-31(28,29)18-6-4-3-5-15(18)22/h3-10,12,27H,2,11H2,1H3,(H3,23,25,26). The van der Waals surface area contributed by atoms with Gasteiger partial charge < -0.3 is 10.5 Å². The zero-order valence-corrected chi connectivity index (χ0v) is 17.4. The van der Waals surface area contributed by atoms with Crippen LogP contribution in [0, 0.1) is 5.82 Å². The summed E-state index contributed by atoms with van der Waals surface area (Å²) in [4.78, 5) is 4.14. The van der Waals surface area contributed by atoms with Crippen LogP contribution in [0.3, 0.4) is 0 Å². The number of nitrogen functional groups attached to an aromatic ring is 1. The van der Waals surface area contributed by atoms with E-state index in [-0.39, 0.29) is 0 Å². The average Bonchev–Trinajstić information content (AvgIpc) is 3.13. The molecule has 8 nitrogen and oxygen atoms in total. The predicted molar refractivity (Wildman–Crippen MR) is 117 cm³/mol. The number of nitrogens with two attached hydrogens (primary N) is 1. The fourth-order valence-electron chi connectivity index (χ4n) is 3.07. The van der Waals surface area contributed by atoms with Crippen molar-refractivity contribution in [2.75, 3.05) is 17.1 Å². The van der Waals surface area contributed by atoms with Gasteiger partial charge in [-0.25, -0.2) is 17.8 Å². The molecule has 4 rings (SSSR count). The number of nitrogens with one attached hydrogen (secondary N) is 2. The Morgan fingerprint density at radius 3 is 2.61 bits per heavy atom. The maximum absolute atomic E-state index is 13.9. The van der Waals surface area contributed by atoms with E-state index in [1.165, 1.54) is 18.2 Å². The summed E-state index contributed by atoms with van der Waals surface area (Å²) in [5, 5.41) is 7.49. The number of hydrogen-bond acceptors (Lipinski definition) is 6. The second kappa shape index (κ2) is 8.23. The van der Waals surface area contributed by atoms with Gasteiger partial charge in [-0.1, -0.05) is 31.2 Å². The highest BCUT2D eigenvalue weighted by Crippen LogP contribution is 2.32. The predicted octanol–water partition coefficient (Wildman–Crippen LogP) is 3.94. The van der Waals surface area contributed by atoms with Gasteiger partial charge in [-0.05, 0) is 36.8 Å². The minimum Gasteiger partial charge on any atom is -0.477 e. The maximum Gasteiger partial charge on any atom is 0.264 e. The van der Waals surface area contributed by atoms with Crippen molar-refractivity contribution in [3.8, 4) is 17.1 Å². The van der Waals surface area contributed by atoms with Gasteiger partial charge in [0.1, 0.15) is 16.1 Å². The molecule has 0 amide bonds. The van der Waals surface area contributed by atoms with Crippen LogP contribution in [0.4, 0.5) is 15.9 Å². The topological polar surface area (TPSA) is 123 Å². The molecule has 31 heavy (non-hydrogen) atoms. The fourth-order valence-corrected chi connectivity index (χ4v) is 4.21. The van der Waals surface area contributed by atoms with Crippen LogP contribution in [-0.2, 0) is 10.0 Å². The summed E-state index contributed by atoms with van der Waals surface area (Å²) < 4.78 is 46.9. The van der Waals surface area contributed by atoms with Gasteiger partial charge in [0.15, 0.2) is 5.82 Å². The summed E-state index contributed by atoms with van der Waals surface area (Å²) in [7, 11) is -4.05. The normalized spacial score (nSPS) is 11.5. The van der Waals surface area contributed by atoms with Crippen molar-refractivity contribution in [1.82, 2.24) is 15.2 Å². The Hall–Kier alpha value is -3.66. The molecule has 0 aliphatic heterocycles. The first-order valence-electron chi connectivity index (χ1n) is 9.54. The molecule has 2 aromatic heterocycles. The Morgan fingerprint density at radius 2 is 1.90 bits per heavy atom. The summed E-state index contributed by atoms with van der Waals surface area (Å²) in [5.41, 5.74) is 8.22. The average molecular weight is 441 g/mol. The van der Waals surface area contributed by atoms with Crippen molar-refractivity contribution in [2.45, 2.75) is 18.2 Å². The number of benzene rings is 2. The fraction of sp³-hybridized carbons (Fsp3) is 0.143. The first-order valence-corrected chi connectivity index (χ1v) is 11.0. The van der Waals surface area contributed by atoms with E-state index in [4.69, 9.17) is 10.5 Å². The maximum atomic E-state index is 13.9. The number of ether oxygens (including phenoxy) is 1. The third-order valence-corrected chi connectivity index (χ3v) is 5.96. The molecule has 0 radical (unpaired) electrons. The Labute approximate surface area is 178 Å². The lowest BCUT2D eigenvalue weighted by Gasteiger charge is -2.11. The van der Waals surface area contributed by atoms with Crippen LogP contribution in [0.25, 0.3) is 22.2 Å². The van der Waals surface area contributed by atoms with Gasteiger partial charge in [-0.3, -0.25) is 9.82 Å². The van der Waals surface area contributed by atoms with E-state index >= 15 is 0 Å². The zero-order valence-electron chi connectivity index (χ0n) is 16.6. The lowest BCUT2D eigenvalue weighted by molar-refractivity contribution is 0.310. The molecule has 4 aromatic rings. The molecule has 0 aliphatic rings. The molecule has 0 fully saturated rings. The van der Waals surface area contributed by atoms with Crippen LogP contribution in [-0.4, -0.2) is 30.2 Å². The van der Waals surface area contributed by atoms with Crippen molar-refractivity contribution < 1.29 is 17.5 Å². The molecule has 2 heterocycles. The van der Waals surface area contributed by atoms with Crippen molar-refractivity contribution >= 4 is 32.4 Å². The van der Waals surface area contributed by atoms with Crippen LogP contribution in [0.5, 0.6) is 5.88 Å². The third-order valence-electron chi connectivity index (χ3n) is 4.54. The number of anilines is 2. The Bertz CT molecular complexity index is 1340. The summed E-state index contributed by atoms with van der Waals surface area (Å²) >= 11 is 0. The van der Waals surface area contributed by atoms with Crippen molar-refractivity contribution in [3.63, 3.8) is 0 Å². The number of sulfonamides is 1. The molecular weight excluding hydrogens is 421 g/mol. The van der Waals surface area contributed by atoms with Gasteiger partial charge in [0.2, 0.25) is 5.88 Å². The minimum atomic E-state index is -4.05. The number of halogens is 1. The van der Waals surface area contributed by atoms with Gasteiger partial charge in [-0.2, -0.15) is 5.10 Å². The number of aromatic amines is 1. The van der Waals surface area contributed by atoms with Crippen LogP contribution >= 0.6 is 0 Å². The Kier molecular flexibility index (Phi) is 5.47. The molecule has 4 N–H and O–H groups in total. The highest BCUT2D eigenvalue weighted by atomic mass is 32.2. The van der Waals surface area contributed by atoms with Gasteiger partial charge in [0.05, 0.1) is 17.8 Å². The number of rotatable bonds is 7. The summed E-state index contributed by atoms with van der Waals surface area (Å²) in [5.74, 6) is -0.134. The first-order chi connectivity index (χ1) is 14.9. The van der Waals surface area contributed by atoms with E-state index in [1.807, 2.05) is 6.92 Å². The van der Waals surface area contributed by atoms with Crippen molar-refractivity contribution in [1.29, 1.82) is 0 Å². The van der Waals surface area contributed by atoms with Gasteiger partial charge in [-0.15, -0.1) is 0 Å². The van der Waals surface area contributed by atoms with E-state index in [0.29, 0.717) is 40.6 Å². The molecule has 10 heteroatoms. The van der Waals surface area contributed by atoms with Crippen molar-refractivity contribution in [3.05, 3.63) is 60.4 Å². The number of aromatic nitrogens is 3. The minimum absolute atomic E-state index is 0.293. The number of pyridine rings is 1. The molecule has 0 unspecified atom stereocenters. The SMILES string of the molecule is CCCOc1nc(-c2ccc(NS(=O)(=O)c3ccccc3F)cc2)cc2[nH]nc(N)c12. The molecule has 160 valence electrons. The summed E-state index contributed by atoms with van der Waals surface area (Å²) in [6, 6.07) is 13.5. The van der Waals surface area contributed by atoms with E-state index in [9.17, 15) is 12.8 Å². The monoisotopic (exact) mass is 441 g/mol. The number of H-pyrrole nitrogens is 1. The molecule has 0 spiro atoms.